The van der Waals surface area contributed by atoms with Crippen molar-refractivity contribution in [3.05, 3.63) is 29.6 Å². The average molecular weight is 333 g/mol. The van der Waals surface area contributed by atoms with Gasteiger partial charge in [-0.15, -0.1) is 0 Å². The predicted molar refractivity (Wildman–Crippen MR) is 87.2 cm³/mol. The molecule has 0 aliphatic carbocycles. The molecular weight excluding hydrogens is 314 g/mol. The second-order valence-corrected chi connectivity index (χ2v) is 4.92. The molecule has 128 valence electrons. The monoisotopic (exact) mass is 333 g/mol. The molecule has 0 spiro atoms. The zero-order valence-corrected chi connectivity index (χ0v) is 13.9. The van der Waals surface area contributed by atoms with Crippen LogP contribution in [-0.4, -0.2) is 49.2 Å². The van der Waals surface area contributed by atoms with Crippen molar-refractivity contribution in [2.24, 2.45) is 0 Å². The molecule has 0 amide bonds. The van der Waals surface area contributed by atoms with E-state index in [1.807, 2.05) is 0 Å². The molecule has 0 aliphatic heterocycles. The van der Waals surface area contributed by atoms with Gasteiger partial charge in [0, 0.05) is 14.1 Å². The molecule has 24 heavy (non-hydrogen) atoms. The van der Waals surface area contributed by atoms with Gasteiger partial charge >= 0.3 is 5.97 Å². The fourth-order valence-corrected chi connectivity index (χ4v) is 1.94. The maximum atomic E-state index is 12.4. The van der Waals surface area contributed by atoms with Crippen LogP contribution < -0.4 is 20.1 Å². The standard InChI is InChI=1S/C15H19N5O4/c1-20(2)15-18-11(17-14(16)19-15)8-24-13(21)12-9(22-3)6-5-7-10(12)23-4/h5-7H,8H2,1-4H3,(H2,16,17,18,19). The van der Waals surface area contributed by atoms with Crippen molar-refractivity contribution in [3.8, 4) is 11.5 Å². The maximum absolute atomic E-state index is 12.4. The van der Waals surface area contributed by atoms with Gasteiger partial charge in [0.15, 0.2) is 12.4 Å². The molecule has 1 aromatic heterocycles. The van der Waals surface area contributed by atoms with Crippen LogP contribution in [0.15, 0.2) is 18.2 Å². The van der Waals surface area contributed by atoms with E-state index >= 15 is 0 Å². The molecule has 0 unspecified atom stereocenters. The molecule has 0 saturated heterocycles. The summed E-state index contributed by atoms with van der Waals surface area (Å²) in [5, 5.41) is 0. The molecule has 2 rings (SSSR count). The lowest BCUT2D eigenvalue weighted by Gasteiger charge is -2.13. The molecule has 1 aromatic carbocycles. The van der Waals surface area contributed by atoms with Crippen molar-refractivity contribution in [3.63, 3.8) is 0 Å². The minimum absolute atomic E-state index is 0.0506. The summed E-state index contributed by atoms with van der Waals surface area (Å²) < 4.78 is 15.6. The first-order valence-corrected chi connectivity index (χ1v) is 7.02. The van der Waals surface area contributed by atoms with Gasteiger partial charge < -0.3 is 24.8 Å². The van der Waals surface area contributed by atoms with E-state index in [0.717, 1.165) is 0 Å². The quantitative estimate of drug-likeness (QED) is 0.770. The van der Waals surface area contributed by atoms with Crippen molar-refractivity contribution in [1.82, 2.24) is 15.0 Å². The van der Waals surface area contributed by atoms with Gasteiger partial charge in [0.1, 0.15) is 17.1 Å². The normalized spacial score (nSPS) is 10.2. The fraction of sp³-hybridized carbons (Fsp3) is 0.333. The molecule has 0 aliphatic rings. The Bertz CT molecular complexity index is 714. The Morgan fingerprint density at radius 2 is 1.75 bits per heavy atom. The molecule has 0 atom stereocenters. The summed E-state index contributed by atoms with van der Waals surface area (Å²) in [7, 11) is 6.46. The third kappa shape index (κ3) is 3.80. The van der Waals surface area contributed by atoms with Gasteiger partial charge in [-0.05, 0) is 12.1 Å². The number of hydrogen-bond donors (Lipinski definition) is 1. The summed E-state index contributed by atoms with van der Waals surface area (Å²) in [6.07, 6.45) is 0. The number of aromatic nitrogens is 3. The number of nitrogen functional groups attached to an aromatic ring is 1. The Morgan fingerprint density at radius 3 is 2.29 bits per heavy atom. The van der Waals surface area contributed by atoms with Crippen molar-refractivity contribution in [2.45, 2.75) is 6.61 Å². The minimum Gasteiger partial charge on any atom is -0.496 e. The average Bonchev–Trinajstić information content (AvgIpc) is 2.58. The number of nitrogens with two attached hydrogens (primary N) is 1. The maximum Gasteiger partial charge on any atom is 0.346 e. The Labute approximate surface area is 139 Å². The lowest BCUT2D eigenvalue weighted by atomic mass is 10.2. The highest BCUT2D eigenvalue weighted by Gasteiger charge is 2.20. The van der Waals surface area contributed by atoms with Crippen LogP contribution in [0.2, 0.25) is 0 Å². The largest absolute Gasteiger partial charge is 0.496 e. The van der Waals surface area contributed by atoms with Gasteiger partial charge in [-0.1, -0.05) is 6.07 Å². The highest BCUT2D eigenvalue weighted by atomic mass is 16.5. The number of carbonyl (C=O) groups excluding carboxylic acids is 1. The van der Waals surface area contributed by atoms with Gasteiger partial charge in [-0.2, -0.15) is 15.0 Å². The van der Waals surface area contributed by atoms with Crippen molar-refractivity contribution >= 4 is 17.9 Å². The van der Waals surface area contributed by atoms with Crippen LogP contribution in [0.1, 0.15) is 16.2 Å². The van der Waals surface area contributed by atoms with E-state index in [-0.39, 0.29) is 23.9 Å². The molecule has 0 fully saturated rings. The SMILES string of the molecule is COc1cccc(OC)c1C(=O)OCc1nc(N)nc(N(C)C)n1. The number of esters is 1. The van der Waals surface area contributed by atoms with E-state index in [4.69, 9.17) is 19.9 Å². The molecule has 0 bridgehead atoms. The lowest BCUT2D eigenvalue weighted by molar-refractivity contribution is 0.0454. The topological polar surface area (TPSA) is 113 Å². The van der Waals surface area contributed by atoms with Crippen LogP contribution in [0.25, 0.3) is 0 Å². The highest BCUT2D eigenvalue weighted by molar-refractivity contribution is 5.95. The number of rotatable bonds is 6. The number of ether oxygens (including phenoxy) is 3. The van der Waals surface area contributed by atoms with Crippen LogP contribution in [0.3, 0.4) is 0 Å². The second kappa shape index (κ2) is 7.44. The third-order valence-corrected chi connectivity index (χ3v) is 3.05. The predicted octanol–water partition coefficient (Wildman–Crippen LogP) is 0.894. The Balaban J connectivity index is 2.20. The minimum atomic E-state index is -0.616. The van der Waals surface area contributed by atoms with Crippen LogP contribution in [0, 0.1) is 0 Å². The van der Waals surface area contributed by atoms with E-state index in [0.29, 0.717) is 17.4 Å². The smallest absolute Gasteiger partial charge is 0.346 e. The first kappa shape index (κ1) is 17.3. The summed E-state index contributed by atoms with van der Waals surface area (Å²) >= 11 is 0. The summed E-state index contributed by atoms with van der Waals surface area (Å²) in [6.45, 7) is -0.159. The van der Waals surface area contributed by atoms with Gasteiger partial charge in [0.25, 0.3) is 0 Å². The van der Waals surface area contributed by atoms with E-state index in [2.05, 4.69) is 15.0 Å². The molecule has 2 N–H and O–H groups in total. The molecule has 9 heteroatoms. The van der Waals surface area contributed by atoms with Gasteiger partial charge in [-0.3, -0.25) is 0 Å². The van der Waals surface area contributed by atoms with Crippen LogP contribution in [0.5, 0.6) is 11.5 Å². The Morgan fingerprint density at radius 1 is 1.12 bits per heavy atom. The van der Waals surface area contributed by atoms with Crippen LogP contribution >= 0.6 is 0 Å². The number of anilines is 2. The van der Waals surface area contributed by atoms with Crippen molar-refractivity contribution < 1.29 is 19.0 Å². The highest BCUT2D eigenvalue weighted by Crippen LogP contribution is 2.29. The second-order valence-electron chi connectivity index (χ2n) is 4.92. The van der Waals surface area contributed by atoms with Crippen molar-refractivity contribution in [2.75, 3.05) is 38.9 Å². The number of carbonyl (C=O) groups is 1. The molecule has 0 saturated carbocycles. The van der Waals surface area contributed by atoms with Crippen LogP contribution in [-0.2, 0) is 11.3 Å². The fourth-order valence-electron chi connectivity index (χ4n) is 1.94. The molecule has 9 nitrogen and oxygen atoms in total. The summed E-state index contributed by atoms with van der Waals surface area (Å²) in [4.78, 5) is 26.2. The number of benzene rings is 1. The van der Waals surface area contributed by atoms with E-state index in [1.165, 1.54) is 14.2 Å². The van der Waals surface area contributed by atoms with Gasteiger partial charge in [0.05, 0.1) is 14.2 Å². The summed E-state index contributed by atoms with van der Waals surface area (Å²) in [6, 6.07) is 5.00. The van der Waals surface area contributed by atoms with E-state index < -0.39 is 5.97 Å². The first-order chi connectivity index (χ1) is 11.5. The van der Waals surface area contributed by atoms with Crippen LogP contribution in [0.4, 0.5) is 11.9 Å². The molecular formula is C15H19N5O4. The van der Waals surface area contributed by atoms with E-state index in [1.54, 1.807) is 37.2 Å². The lowest BCUT2D eigenvalue weighted by Crippen LogP contribution is -2.17. The summed E-state index contributed by atoms with van der Waals surface area (Å²) in [5.41, 5.74) is 5.83. The van der Waals surface area contributed by atoms with E-state index in [9.17, 15) is 4.79 Å². The molecule has 0 radical (unpaired) electrons. The Kier molecular flexibility index (Phi) is 5.35. The third-order valence-electron chi connectivity index (χ3n) is 3.05. The van der Waals surface area contributed by atoms with Gasteiger partial charge in [0.2, 0.25) is 11.9 Å². The number of nitrogens with zero attached hydrogens (tertiary/aromatic N) is 4. The molecule has 1 heterocycles. The molecule has 2 aromatic rings. The Hall–Kier alpha value is -3.10. The number of hydrogen-bond acceptors (Lipinski definition) is 9. The van der Waals surface area contributed by atoms with Gasteiger partial charge in [-0.25, -0.2) is 4.79 Å². The first-order valence-electron chi connectivity index (χ1n) is 7.02. The number of methoxy groups -OCH3 is 2. The zero-order valence-electron chi connectivity index (χ0n) is 13.9. The summed E-state index contributed by atoms with van der Waals surface area (Å²) in [5.74, 6) is 0.758. The van der Waals surface area contributed by atoms with Crippen molar-refractivity contribution in [1.29, 1.82) is 0 Å². The zero-order chi connectivity index (χ0) is 17.7.